The van der Waals surface area contributed by atoms with Gasteiger partial charge in [0.1, 0.15) is 5.75 Å². The van der Waals surface area contributed by atoms with Crippen LogP contribution in [0.1, 0.15) is 36.5 Å². The molecule has 22 heavy (non-hydrogen) atoms. The smallest absolute Gasteiger partial charge is 0.177 e. The van der Waals surface area contributed by atoms with Crippen molar-refractivity contribution in [2.75, 3.05) is 7.11 Å². The van der Waals surface area contributed by atoms with E-state index < -0.39 is 0 Å². The van der Waals surface area contributed by atoms with E-state index in [1.165, 1.54) is 35.1 Å². The number of hydrogen-bond donors (Lipinski definition) is 1. The molecule has 0 spiro atoms. The van der Waals surface area contributed by atoms with Gasteiger partial charge < -0.3 is 14.3 Å². The number of fused-ring (bicyclic) bond motifs is 1. The lowest BCUT2D eigenvalue weighted by Crippen LogP contribution is -2.07. The maximum Gasteiger partial charge on any atom is 0.177 e. The largest absolute Gasteiger partial charge is 0.496 e. The van der Waals surface area contributed by atoms with E-state index in [4.69, 9.17) is 17.0 Å². The highest BCUT2D eigenvalue weighted by molar-refractivity contribution is 7.71. The van der Waals surface area contributed by atoms with Crippen LogP contribution in [-0.2, 0) is 19.4 Å². The summed E-state index contributed by atoms with van der Waals surface area (Å²) >= 11 is 5.26. The molecule has 0 amide bonds. The van der Waals surface area contributed by atoms with Gasteiger partial charge in [0.05, 0.1) is 7.11 Å². The summed E-state index contributed by atoms with van der Waals surface area (Å²) in [4.78, 5) is 3.04. The number of methoxy groups -OCH3 is 1. The number of H-pyrrole nitrogens is 1. The predicted octanol–water partition coefficient (Wildman–Crippen LogP) is 4.54. The van der Waals surface area contributed by atoms with Crippen LogP contribution >= 0.6 is 12.2 Å². The molecule has 0 saturated heterocycles. The van der Waals surface area contributed by atoms with E-state index in [0.29, 0.717) is 0 Å². The number of benzene rings is 1. The first-order chi connectivity index (χ1) is 10.7. The number of imidazole rings is 1. The molecule has 1 aromatic heterocycles. The monoisotopic (exact) mass is 314 g/mol. The Balaban J connectivity index is 1.93. The van der Waals surface area contributed by atoms with E-state index in [9.17, 15) is 0 Å². The second-order valence-corrected chi connectivity index (χ2v) is 6.29. The molecule has 1 aliphatic carbocycles. The van der Waals surface area contributed by atoms with Gasteiger partial charge in [-0.1, -0.05) is 17.7 Å². The molecule has 1 N–H and O–H groups in total. The molecular formula is C18H22N2OS. The minimum absolute atomic E-state index is 0.768. The van der Waals surface area contributed by atoms with Crippen LogP contribution in [0.25, 0.3) is 6.08 Å². The van der Waals surface area contributed by atoms with E-state index in [-0.39, 0.29) is 0 Å². The van der Waals surface area contributed by atoms with E-state index >= 15 is 0 Å². The van der Waals surface area contributed by atoms with Crippen molar-refractivity contribution in [1.29, 1.82) is 0 Å². The zero-order valence-electron chi connectivity index (χ0n) is 13.2. The Morgan fingerprint density at radius 2 is 2.09 bits per heavy atom. The molecule has 0 saturated carbocycles. The zero-order chi connectivity index (χ0) is 15.5. The summed E-state index contributed by atoms with van der Waals surface area (Å²) in [6, 6.07) is 4.29. The maximum atomic E-state index is 5.53. The van der Waals surface area contributed by atoms with Gasteiger partial charge in [-0.15, -0.1) is 0 Å². The van der Waals surface area contributed by atoms with Crippen LogP contribution < -0.4 is 4.74 Å². The molecule has 3 nitrogen and oxygen atoms in total. The summed E-state index contributed by atoms with van der Waals surface area (Å²) in [5.41, 5.74) is 5.49. The van der Waals surface area contributed by atoms with Crippen LogP contribution in [0.5, 0.6) is 5.75 Å². The van der Waals surface area contributed by atoms with Crippen LogP contribution in [0.2, 0.25) is 0 Å². The van der Waals surface area contributed by atoms with E-state index in [1.54, 1.807) is 7.11 Å². The number of allylic oxidation sites excluding steroid dienone is 1. The SMILES string of the molecule is COc1ccc(/C=C(\C)Cn2cc[nH]c2=S)c2c1CCCC2. The molecule has 0 aliphatic heterocycles. The van der Waals surface area contributed by atoms with Gasteiger partial charge in [-0.3, -0.25) is 0 Å². The quantitative estimate of drug-likeness (QED) is 0.840. The summed E-state index contributed by atoms with van der Waals surface area (Å²) in [6.45, 7) is 2.98. The fourth-order valence-electron chi connectivity index (χ4n) is 3.24. The molecule has 0 unspecified atom stereocenters. The zero-order valence-corrected chi connectivity index (χ0v) is 14.0. The summed E-state index contributed by atoms with van der Waals surface area (Å²) in [6.07, 6.45) is 11.0. The number of ether oxygens (including phenoxy) is 1. The molecule has 0 bridgehead atoms. The molecule has 1 aromatic carbocycles. The normalized spacial score (nSPS) is 14.7. The number of aromatic amines is 1. The van der Waals surface area contributed by atoms with Crippen molar-refractivity contribution in [3.05, 3.63) is 51.6 Å². The molecular weight excluding hydrogens is 292 g/mol. The Kier molecular flexibility index (Phi) is 4.48. The van der Waals surface area contributed by atoms with E-state index in [0.717, 1.165) is 29.9 Å². The van der Waals surface area contributed by atoms with Crippen molar-refractivity contribution >= 4 is 18.3 Å². The van der Waals surface area contributed by atoms with Crippen LogP contribution in [0.15, 0.2) is 30.1 Å². The third-order valence-corrected chi connectivity index (χ3v) is 4.64. The highest BCUT2D eigenvalue weighted by Gasteiger charge is 2.16. The maximum absolute atomic E-state index is 5.53. The van der Waals surface area contributed by atoms with Crippen molar-refractivity contribution in [3.63, 3.8) is 0 Å². The second kappa shape index (κ2) is 6.53. The van der Waals surface area contributed by atoms with Gasteiger partial charge in [0.2, 0.25) is 0 Å². The lowest BCUT2D eigenvalue weighted by atomic mass is 9.87. The van der Waals surface area contributed by atoms with Gasteiger partial charge >= 0.3 is 0 Å². The number of rotatable bonds is 4. The van der Waals surface area contributed by atoms with Crippen LogP contribution in [0.4, 0.5) is 0 Å². The number of nitrogens with one attached hydrogen (secondary N) is 1. The highest BCUT2D eigenvalue weighted by Crippen LogP contribution is 2.33. The van der Waals surface area contributed by atoms with Gasteiger partial charge in [-0.2, -0.15) is 0 Å². The fraction of sp³-hybridized carbons (Fsp3) is 0.389. The standard InChI is InChI=1S/C18H22N2OS/c1-13(12-20-10-9-19-18(20)22)11-14-7-8-17(21-2)16-6-4-3-5-15(14)16/h7-11H,3-6,12H2,1-2H3,(H,19,22)/b13-11+. The first-order valence-corrected chi connectivity index (χ1v) is 8.19. The van der Waals surface area contributed by atoms with Gasteiger partial charge in [-0.25, -0.2) is 0 Å². The minimum Gasteiger partial charge on any atom is -0.496 e. The lowest BCUT2D eigenvalue weighted by Gasteiger charge is -2.21. The van der Waals surface area contributed by atoms with Crippen molar-refractivity contribution in [2.45, 2.75) is 39.2 Å². The molecule has 4 heteroatoms. The van der Waals surface area contributed by atoms with E-state index in [2.05, 4.69) is 34.7 Å². The molecule has 1 heterocycles. The van der Waals surface area contributed by atoms with Crippen molar-refractivity contribution in [3.8, 4) is 5.75 Å². The van der Waals surface area contributed by atoms with Gasteiger partial charge in [0.25, 0.3) is 0 Å². The average molecular weight is 314 g/mol. The number of hydrogen-bond acceptors (Lipinski definition) is 2. The number of nitrogens with zero attached hydrogens (tertiary/aromatic N) is 1. The Labute approximate surface area is 136 Å². The molecule has 1 aliphatic rings. The van der Waals surface area contributed by atoms with Crippen molar-refractivity contribution in [1.82, 2.24) is 9.55 Å². The fourth-order valence-corrected chi connectivity index (χ4v) is 3.44. The minimum atomic E-state index is 0.768. The average Bonchev–Trinajstić information content (AvgIpc) is 2.93. The Morgan fingerprint density at radius 1 is 1.32 bits per heavy atom. The molecule has 0 fully saturated rings. The Morgan fingerprint density at radius 3 is 2.77 bits per heavy atom. The van der Waals surface area contributed by atoms with Crippen LogP contribution in [0, 0.1) is 4.77 Å². The van der Waals surface area contributed by atoms with Gasteiger partial charge in [0, 0.05) is 18.9 Å². The van der Waals surface area contributed by atoms with E-state index in [1.807, 2.05) is 12.4 Å². The van der Waals surface area contributed by atoms with Gasteiger partial charge in [0.15, 0.2) is 4.77 Å². The highest BCUT2D eigenvalue weighted by atomic mass is 32.1. The summed E-state index contributed by atoms with van der Waals surface area (Å²) < 4.78 is 8.35. The van der Waals surface area contributed by atoms with Crippen molar-refractivity contribution < 1.29 is 4.74 Å². The molecule has 0 radical (unpaired) electrons. The molecule has 3 rings (SSSR count). The topological polar surface area (TPSA) is 29.9 Å². The molecule has 2 aromatic rings. The summed E-state index contributed by atoms with van der Waals surface area (Å²) in [7, 11) is 1.76. The lowest BCUT2D eigenvalue weighted by molar-refractivity contribution is 0.406. The van der Waals surface area contributed by atoms with Crippen LogP contribution in [-0.4, -0.2) is 16.7 Å². The predicted molar refractivity (Wildman–Crippen MR) is 92.9 cm³/mol. The van der Waals surface area contributed by atoms with Crippen molar-refractivity contribution in [2.24, 2.45) is 0 Å². The third kappa shape index (κ3) is 3.02. The molecule has 116 valence electrons. The Bertz CT molecular complexity index is 755. The van der Waals surface area contributed by atoms with Crippen LogP contribution in [0.3, 0.4) is 0 Å². The third-order valence-electron chi connectivity index (χ3n) is 4.29. The first-order valence-electron chi connectivity index (χ1n) is 7.79. The number of aromatic nitrogens is 2. The molecule has 0 atom stereocenters. The summed E-state index contributed by atoms with van der Waals surface area (Å²) in [5.74, 6) is 1.04. The first kappa shape index (κ1) is 15.1. The van der Waals surface area contributed by atoms with Gasteiger partial charge in [-0.05, 0) is 67.6 Å². The second-order valence-electron chi connectivity index (χ2n) is 5.91. The summed E-state index contributed by atoms with van der Waals surface area (Å²) in [5, 5.41) is 0. The Hall–Kier alpha value is -1.81.